The van der Waals surface area contributed by atoms with E-state index in [1.54, 1.807) is 4.57 Å². The SMILES string of the molecule is Nc1ncnc2c1c(I)cn2COC(CO)CO. The number of aromatic nitrogens is 3. The minimum Gasteiger partial charge on any atom is -0.394 e. The molecule has 0 saturated heterocycles. The van der Waals surface area contributed by atoms with Crippen molar-refractivity contribution >= 4 is 39.4 Å². The second kappa shape index (κ2) is 5.78. The first-order chi connectivity index (χ1) is 8.67. The molecule has 0 unspecified atom stereocenters. The summed E-state index contributed by atoms with van der Waals surface area (Å²) in [5.74, 6) is 0.420. The van der Waals surface area contributed by atoms with Gasteiger partial charge in [-0.15, -0.1) is 0 Å². The zero-order valence-corrected chi connectivity index (χ0v) is 11.6. The normalized spacial score (nSPS) is 11.6. The molecule has 7 nitrogen and oxygen atoms in total. The van der Waals surface area contributed by atoms with Crippen LogP contribution in [0.15, 0.2) is 12.5 Å². The quantitative estimate of drug-likeness (QED) is 0.643. The number of hydrogen-bond acceptors (Lipinski definition) is 6. The van der Waals surface area contributed by atoms with E-state index in [1.807, 2.05) is 6.20 Å². The summed E-state index contributed by atoms with van der Waals surface area (Å²) in [4.78, 5) is 8.09. The maximum Gasteiger partial charge on any atom is 0.148 e. The third kappa shape index (κ3) is 2.55. The topological polar surface area (TPSA) is 106 Å². The lowest BCUT2D eigenvalue weighted by atomic mass is 10.4. The fourth-order valence-electron chi connectivity index (χ4n) is 1.55. The molecule has 18 heavy (non-hydrogen) atoms. The van der Waals surface area contributed by atoms with Crippen molar-refractivity contribution in [2.75, 3.05) is 18.9 Å². The molecule has 2 heterocycles. The van der Waals surface area contributed by atoms with E-state index in [0.29, 0.717) is 11.5 Å². The number of ether oxygens (including phenoxy) is 1. The number of nitrogens with zero attached hydrogens (tertiary/aromatic N) is 3. The zero-order chi connectivity index (χ0) is 13.1. The summed E-state index contributed by atoms with van der Waals surface area (Å²) in [5, 5.41) is 18.6. The molecule has 2 rings (SSSR count). The molecule has 0 aliphatic carbocycles. The van der Waals surface area contributed by atoms with Gasteiger partial charge in [0.05, 0.1) is 18.6 Å². The summed E-state index contributed by atoms with van der Waals surface area (Å²) in [6.07, 6.45) is 2.63. The van der Waals surface area contributed by atoms with Gasteiger partial charge >= 0.3 is 0 Å². The Morgan fingerprint density at radius 2 is 2.11 bits per heavy atom. The Labute approximate surface area is 117 Å². The lowest BCUT2D eigenvalue weighted by molar-refractivity contribution is -0.0487. The van der Waals surface area contributed by atoms with Crippen molar-refractivity contribution in [2.45, 2.75) is 12.8 Å². The molecule has 0 fully saturated rings. The van der Waals surface area contributed by atoms with Gasteiger partial charge in [0, 0.05) is 9.77 Å². The molecule has 2 aromatic heterocycles. The number of aliphatic hydroxyl groups excluding tert-OH is 2. The molecule has 2 aromatic rings. The second-order valence-electron chi connectivity index (χ2n) is 3.69. The highest BCUT2D eigenvalue weighted by Crippen LogP contribution is 2.25. The van der Waals surface area contributed by atoms with Crippen molar-refractivity contribution in [2.24, 2.45) is 0 Å². The highest BCUT2D eigenvalue weighted by Gasteiger charge is 2.13. The van der Waals surface area contributed by atoms with Crippen LogP contribution in [0.5, 0.6) is 0 Å². The van der Waals surface area contributed by atoms with E-state index >= 15 is 0 Å². The Hall–Kier alpha value is -0.970. The van der Waals surface area contributed by atoms with Gasteiger partial charge in [-0.3, -0.25) is 0 Å². The van der Waals surface area contributed by atoms with Crippen LogP contribution in [0.3, 0.4) is 0 Å². The Morgan fingerprint density at radius 3 is 2.78 bits per heavy atom. The molecular formula is C10H13IN4O3. The summed E-state index contributed by atoms with van der Waals surface area (Å²) >= 11 is 2.15. The number of nitrogens with two attached hydrogens (primary N) is 1. The van der Waals surface area contributed by atoms with Crippen LogP contribution in [-0.4, -0.2) is 44.1 Å². The van der Waals surface area contributed by atoms with Crippen molar-refractivity contribution in [3.63, 3.8) is 0 Å². The summed E-state index contributed by atoms with van der Waals surface area (Å²) in [5.41, 5.74) is 6.46. The molecule has 0 atom stereocenters. The van der Waals surface area contributed by atoms with Crippen molar-refractivity contribution < 1.29 is 14.9 Å². The van der Waals surface area contributed by atoms with E-state index < -0.39 is 6.10 Å². The van der Waals surface area contributed by atoms with Crippen molar-refractivity contribution in [3.8, 4) is 0 Å². The van der Waals surface area contributed by atoms with Gasteiger partial charge in [-0.1, -0.05) is 0 Å². The van der Waals surface area contributed by atoms with E-state index in [0.717, 1.165) is 8.96 Å². The standard InChI is InChI=1S/C10H13IN4O3/c11-7-1-15(5-18-6(2-16)3-17)10-8(7)9(12)13-4-14-10/h1,4,6,16-17H,2-3,5H2,(H2,12,13,14). The van der Waals surface area contributed by atoms with Crippen molar-refractivity contribution in [3.05, 3.63) is 16.1 Å². The highest BCUT2D eigenvalue weighted by molar-refractivity contribution is 14.1. The fourth-order valence-corrected chi connectivity index (χ4v) is 2.40. The predicted octanol–water partition coefficient (Wildman–Crippen LogP) is -0.0546. The van der Waals surface area contributed by atoms with Gasteiger partial charge < -0.3 is 25.3 Å². The molecule has 0 aliphatic heterocycles. The number of halogens is 1. The molecule has 8 heteroatoms. The third-order valence-corrected chi connectivity index (χ3v) is 3.31. The number of hydrogen-bond donors (Lipinski definition) is 3. The Kier molecular flexibility index (Phi) is 4.32. The number of fused-ring (bicyclic) bond motifs is 1. The molecule has 0 aliphatic rings. The van der Waals surface area contributed by atoms with Gasteiger partial charge in [0.15, 0.2) is 0 Å². The number of rotatable bonds is 5. The van der Waals surface area contributed by atoms with Crippen molar-refractivity contribution in [1.82, 2.24) is 14.5 Å². The average Bonchev–Trinajstić information content (AvgIpc) is 2.69. The fraction of sp³-hybridized carbons (Fsp3) is 0.400. The largest absolute Gasteiger partial charge is 0.394 e. The van der Waals surface area contributed by atoms with E-state index in [2.05, 4.69) is 32.6 Å². The molecule has 98 valence electrons. The minimum absolute atomic E-state index is 0.182. The van der Waals surface area contributed by atoms with Crippen LogP contribution in [0.2, 0.25) is 0 Å². The second-order valence-corrected chi connectivity index (χ2v) is 4.85. The van der Waals surface area contributed by atoms with Gasteiger partial charge in [0.25, 0.3) is 0 Å². The van der Waals surface area contributed by atoms with Crippen LogP contribution in [-0.2, 0) is 11.5 Å². The van der Waals surface area contributed by atoms with Crippen LogP contribution in [0.1, 0.15) is 0 Å². The lowest BCUT2D eigenvalue weighted by Gasteiger charge is -2.13. The molecule has 0 saturated carbocycles. The number of aliphatic hydroxyl groups is 2. The summed E-state index contributed by atoms with van der Waals surface area (Å²) in [6.45, 7) is -0.282. The maximum atomic E-state index is 8.93. The zero-order valence-electron chi connectivity index (χ0n) is 9.45. The molecule has 4 N–H and O–H groups in total. The predicted molar refractivity (Wildman–Crippen MR) is 73.7 cm³/mol. The van der Waals surface area contributed by atoms with Crippen LogP contribution >= 0.6 is 22.6 Å². The Morgan fingerprint density at radius 1 is 1.39 bits per heavy atom. The summed E-state index contributed by atoms with van der Waals surface area (Å²) < 4.78 is 8.03. The first-order valence-corrected chi connectivity index (χ1v) is 6.33. The molecule has 0 aromatic carbocycles. The number of nitrogen functional groups attached to an aromatic ring is 1. The van der Waals surface area contributed by atoms with Crippen LogP contribution in [0.4, 0.5) is 5.82 Å². The molecule has 0 amide bonds. The molecular weight excluding hydrogens is 351 g/mol. The van der Waals surface area contributed by atoms with Crippen LogP contribution < -0.4 is 5.73 Å². The van der Waals surface area contributed by atoms with E-state index in [1.165, 1.54) is 6.33 Å². The maximum absolute atomic E-state index is 8.93. The van der Waals surface area contributed by atoms with Gasteiger partial charge in [0.1, 0.15) is 30.6 Å². The lowest BCUT2D eigenvalue weighted by Crippen LogP contribution is -2.23. The van der Waals surface area contributed by atoms with Crippen molar-refractivity contribution in [1.29, 1.82) is 0 Å². The Balaban J connectivity index is 2.27. The minimum atomic E-state index is -0.598. The molecule has 0 bridgehead atoms. The van der Waals surface area contributed by atoms with E-state index in [-0.39, 0.29) is 19.9 Å². The van der Waals surface area contributed by atoms with Gasteiger partial charge in [-0.25, -0.2) is 9.97 Å². The monoisotopic (exact) mass is 364 g/mol. The Bertz CT molecular complexity index is 541. The van der Waals surface area contributed by atoms with Gasteiger partial charge in [0.2, 0.25) is 0 Å². The van der Waals surface area contributed by atoms with Crippen LogP contribution in [0, 0.1) is 3.57 Å². The first-order valence-electron chi connectivity index (χ1n) is 5.25. The average molecular weight is 364 g/mol. The van der Waals surface area contributed by atoms with E-state index in [4.69, 9.17) is 20.7 Å². The van der Waals surface area contributed by atoms with Gasteiger partial charge in [-0.05, 0) is 22.6 Å². The summed E-state index contributed by atoms with van der Waals surface area (Å²) in [7, 11) is 0. The highest BCUT2D eigenvalue weighted by atomic mass is 127. The third-order valence-electron chi connectivity index (χ3n) is 2.49. The smallest absolute Gasteiger partial charge is 0.148 e. The number of anilines is 1. The van der Waals surface area contributed by atoms with Gasteiger partial charge in [-0.2, -0.15) is 0 Å². The molecule has 0 radical (unpaired) electrons. The van der Waals surface area contributed by atoms with Crippen LogP contribution in [0.25, 0.3) is 11.0 Å². The summed E-state index contributed by atoms with van der Waals surface area (Å²) in [6, 6.07) is 0. The first kappa shape index (κ1) is 13.5. The molecule has 0 spiro atoms. The van der Waals surface area contributed by atoms with E-state index in [9.17, 15) is 0 Å².